The van der Waals surface area contributed by atoms with Gasteiger partial charge in [-0.05, 0) is 30.3 Å². The van der Waals surface area contributed by atoms with Crippen molar-refractivity contribution in [3.63, 3.8) is 0 Å². The third kappa shape index (κ3) is 2.84. The van der Waals surface area contributed by atoms with E-state index >= 15 is 0 Å². The van der Waals surface area contributed by atoms with Crippen molar-refractivity contribution in [2.75, 3.05) is 11.4 Å². The molecular formula is C13H11FN2O4S. The summed E-state index contributed by atoms with van der Waals surface area (Å²) in [6.07, 6.45) is 2.82. The van der Waals surface area contributed by atoms with Crippen LogP contribution in [0.25, 0.3) is 0 Å². The first-order valence-corrected chi connectivity index (χ1v) is 7.20. The van der Waals surface area contributed by atoms with Crippen LogP contribution in [0.5, 0.6) is 0 Å². The fourth-order valence-corrected chi connectivity index (χ4v) is 2.92. The van der Waals surface area contributed by atoms with E-state index < -0.39 is 26.7 Å². The molecule has 6 nitrogen and oxygen atoms in total. The van der Waals surface area contributed by atoms with Crippen molar-refractivity contribution in [1.82, 2.24) is 4.98 Å². The lowest BCUT2D eigenvalue weighted by Crippen LogP contribution is -2.27. The number of hydrogen-bond donors (Lipinski definition) is 1. The van der Waals surface area contributed by atoms with Crippen LogP contribution in [0.4, 0.5) is 10.1 Å². The summed E-state index contributed by atoms with van der Waals surface area (Å²) in [5.74, 6) is -2.45. The van der Waals surface area contributed by atoms with Crippen LogP contribution in [0.1, 0.15) is 10.4 Å². The fraction of sp³-hybridized carbons (Fsp3) is 0.0769. The van der Waals surface area contributed by atoms with Crippen molar-refractivity contribution in [2.24, 2.45) is 0 Å². The molecule has 110 valence electrons. The summed E-state index contributed by atoms with van der Waals surface area (Å²) in [5.41, 5.74) is -0.00951. The lowest BCUT2D eigenvalue weighted by molar-refractivity contribution is 0.0696. The molecule has 1 N–H and O–H groups in total. The summed E-state index contributed by atoms with van der Waals surface area (Å²) >= 11 is 0. The minimum absolute atomic E-state index is 0.312. The second-order valence-corrected chi connectivity index (χ2v) is 6.07. The van der Waals surface area contributed by atoms with Crippen molar-refractivity contribution in [3.05, 3.63) is 54.1 Å². The number of nitrogens with zero attached hydrogens (tertiary/aromatic N) is 2. The Bertz CT molecular complexity index is 778. The Morgan fingerprint density at radius 3 is 2.38 bits per heavy atom. The molecule has 8 heteroatoms. The number of aromatic nitrogens is 1. The van der Waals surface area contributed by atoms with Gasteiger partial charge in [-0.2, -0.15) is 0 Å². The third-order valence-corrected chi connectivity index (χ3v) is 4.66. The van der Waals surface area contributed by atoms with Crippen molar-refractivity contribution < 1.29 is 22.7 Å². The highest BCUT2D eigenvalue weighted by Gasteiger charge is 2.25. The maximum atomic E-state index is 13.9. The van der Waals surface area contributed by atoms with Crippen LogP contribution >= 0.6 is 0 Å². The number of carboxylic acids is 1. The highest BCUT2D eigenvalue weighted by atomic mass is 32.2. The highest BCUT2D eigenvalue weighted by molar-refractivity contribution is 7.92. The third-order valence-electron chi connectivity index (χ3n) is 2.84. The molecule has 1 aromatic heterocycles. The number of aromatic carboxylic acids is 1. The molecule has 2 rings (SSSR count). The van der Waals surface area contributed by atoms with Gasteiger partial charge in [0.2, 0.25) is 0 Å². The van der Waals surface area contributed by atoms with Crippen LogP contribution in [0.2, 0.25) is 0 Å². The summed E-state index contributed by atoms with van der Waals surface area (Å²) in [6, 6.07) is 5.57. The number of rotatable bonds is 4. The second-order valence-electron chi connectivity index (χ2n) is 4.13. The molecule has 21 heavy (non-hydrogen) atoms. The van der Waals surface area contributed by atoms with E-state index in [0.717, 1.165) is 16.4 Å². The Morgan fingerprint density at radius 2 is 1.86 bits per heavy atom. The summed E-state index contributed by atoms with van der Waals surface area (Å²) in [5, 5.41) is 8.76. The average molecular weight is 310 g/mol. The minimum Gasteiger partial charge on any atom is -0.478 e. The molecule has 0 unspecified atom stereocenters. The predicted molar refractivity (Wildman–Crippen MR) is 73.2 cm³/mol. The number of sulfonamides is 1. The summed E-state index contributed by atoms with van der Waals surface area (Å²) in [6.45, 7) is 0. The molecule has 0 fully saturated rings. The first-order chi connectivity index (χ1) is 9.84. The molecular weight excluding hydrogens is 299 g/mol. The van der Waals surface area contributed by atoms with Gasteiger partial charge in [0, 0.05) is 19.4 Å². The van der Waals surface area contributed by atoms with E-state index in [9.17, 15) is 17.6 Å². The molecule has 0 aliphatic rings. The monoisotopic (exact) mass is 310 g/mol. The molecule has 0 spiro atoms. The van der Waals surface area contributed by atoms with Gasteiger partial charge in [0.05, 0.1) is 11.3 Å². The van der Waals surface area contributed by atoms with Crippen molar-refractivity contribution in [1.29, 1.82) is 0 Å². The largest absolute Gasteiger partial charge is 0.478 e. The molecule has 0 amide bonds. The number of hydrogen-bond acceptors (Lipinski definition) is 4. The Hall–Kier alpha value is -2.48. The molecule has 0 atom stereocenters. The van der Waals surface area contributed by atoms with E-state index in [4.69, 9.17) is 5.11 Å². The van der Waals surface area contributed by atoms with Gasteiger partial charge in [0.1, 0.15) is 10.7 Å². The lowest BCUT2D eigenvalue weighted by atomic mass is 10.2. The van der Waals surface area contributed by atoms with Gasteiger partial charge in [-0.15, -0.1) is 0 Å². The predicted octanol–water partition coefficient (Wildman–Crippen LogP) is 1.74. The first kappa shape index (κ1) is 14.9. The molecule has 0 radical (unpaired) electrons. The molecule has 2 aromatic rings. The number of carboxylic acid groups (broad SMARTS) is 1. The molecule has 0 bridgehead atoms. The van der Waals surface area contributed by atoms with Gasteiger partial charge in [0.25, 0.3) is 10.0 Å². The van der Waals surface area contributed by atoms with E-state index in [1.54, 1.807) is 0 Å². The van der Waals surface area contributed by atoms with Gasteiger partial charge in [0.15, 0.2) is 0 Å². The van der Waals surface area contributed by atoms with E-state index in [0.29, 0.717) is 11.8 Å². The number of benzene rings is 1. The van der Waals surface area contributed by atoms with Gasteiger partial charge in [-0.1, -0.05) is 0 Å². The Labute approximate surface area is 120 Å². The first-order valence-electron chi connectivity index (χ1n) is 5.76. The van der Waals surface area contributed by atoms with E-state index in [2.05, 4.69) is 4.98 Å². The van der Waals surface area contributed by atoms with Gasteiger partial charge in [-0.3, -0.25) is 9.29 Å². The Kier molecular flexibility index (Phi) is 3.90. The van der Waals surface area contributed by atoms with E-state index in [1.807, 2.05) is 0 Å². The average Bonchev–Trinajstić information content (AvgIpc) is 2.46. The van der Waals surface area contributed by atoms with Crippen LogP contribution in [0, 0.1) is 5.82 Å². The zero-order valence-corrected chi connectivity index (χ0v) is 11.7. The van der Waals surface area contributed by atoms with Gasteiger partial charge < -0.3 is 5.11 Å². The molecule has 1 aromatic carbocycles. The Balaban J connectivity index is 2.47. The van der Waals surface area contributed by atoms with Crippen molar-refractivity contribution >= 4 is 21.7 Å². The standard InChI is InChI=1S/C13H11FN2O4S/c1-16(10-4-6-15-7-5-10)21(19,20)12-3-2-9(13(17)18)8-11(12)14/h2-8H,1H3,(H,17,18). The number of pyridine rings is 1. The Morgan fingerprint density at radius 1 is 1.24 bits per heavy atom. The van der Waals surface area contributed by atoms with Gasteiger partial charge >= 0.3 is 5.97 Å². The SMILES string of the molecule is CN(c1ccncc1)S(=O)(=O)c1ccc(C(=O)O)cc1F. The van der Waals surface area contributed by atoms with Gasteiger partial charge in [-0.25, -0.2) is 17.6 Å². The fourth-order valence-electron chi connectivity index (χ4n) is 1.68. The van der Waals surface area contributed by atoms with Crippen LogP contribution in [0.15, 0.2) is 47.6 Å². The normalized spacial score (nSPS) is 11.1. The minimum atomic E-state index is -4.13. The maximum absolute atomic E-state index is 13.9. The maximum Gasteiger partial charge on any atom is 0.335 e. The van der Waals surface area contributed by atoms with E-state index in [-0.39, 0.29) is 5.56 Å². The van der Waals surface area contributed by atoms with E-state index in [1.165, 1.54) is 31.6 Å². The quantitative estimate of drug-likeness (QED) is 0.929. The molecule has 0 saturated carbocycles. The summed E-state index contributed by atoms with van der Waals surface area (Å²) < 4.78 is 39.5. The summed E-state index contributed by atoms with van der Waals surface area (Å²) in [7, 11) is -2.85. The number of anilines is 1. The summed E-state index contributed by atoms with van der Waals surface area (Å²) in [4.78, 5) is 13.9. The lowest BCUT2D eigenvalue weighted by Gasteiger charge is -2.19. The molecule has 0 saturated heterocycles. The second kappa shape index (κ2) is 5.49. The topological polar surface area (TPSA) is 87.6 Å². The zero-order valence-electron chi connectivity index (χ0n) is 10.9. The van der Waals surface area contributed by atoms with Crippen LogP contribution < -0.4 is 4.31 Å². The van der Waals surface area contributed by atoms with Crippen LogP contribution in [-0.2, 0) is 10.0 Å². The molecule has 0 aliphatic heterocycles. The highest BCUT2D eigenvalue weighted by Crippen LogP contribution is 2.24. The zero-order chi connectivity index (χ0) is 15.6. The number of carbonyl (C=O) groups is 1. The smallest absolute Gasteiger partial charge is 0.335 e. The van der Waals surface area contributed by atoms with Crippen molar-refractivity contribution in [3.8, 4) is 0 Å². The van der Waals surface area contributed by atoms with Crippen LogP contribution in [-0.4, -0.2) is 31.5 Å². The molecule has 1 heterocycles. The van der Waals surface area contributed by atoms with Crippen molar-refractivity contribution in [2.45, 2.75) is 4.90 Å². The number of halogens is 1. The van der Waals surface area contributed by atoms with Crippen LogP contribution in [0.3, 0.4) is 0 Å². The molecule has 0 aliphatic carbocycles.